The highest BCUT2D eigenvalue weighted by molar-refractivity contribution is 9.10. The number of halogens is 1. The first-order chi connectivity index (χ1) is 11.7. The van der Waals surface area contributed by atoms with Gasteiger partial charge in [0, 0.05) is 36.3 Å². The summed E-state index contributed by atoms with van der Waals surface area (Å²) in [5.74, 6) is -0.284. The van der Waals surface area contributed by atoms with Crippen LogP contribution >= 0.6 is 61.3 Å². The summed E-state index contributed by atoms with van der Waals surface area (Å²) >= 11 is 10.4. The van der Waals surface area contributed by atoms with Crippen molar-refractivity contribution in [1.82, 2.24) is 0 Å². The third-order valence-corrected chi connectivity index (χ3v) is 8.30. The molecule has 7 heteroatoms. The average Bonchev–Trinajstić information content (AvgIpc) is 3.30. The van der Waals surface area contributed by atoms with Gasteiger partial charge in [-0.25, -0.2) is 4.79 Å². The SMILES string of the molecule is Brc1csc2ccsc12.CCOC(=O)/C=C/c1csc2ccsc12. The lowest BCUT2D eigenvalue weighted by Crippen LogP contribution is -1.98. The Kier molecular flexibility index (Phi) is 6.24. The fourth-order valence-electron chi connectivity index (χ4n) is 1.98. The van der Waals surface area contributed by atoms with E-state index in [1.165, 1.54) is 29.3 Å². The Bertz CT molecular complexity index is 973. The molecular formula is C17H13BrO2S4. The van der Waals surface area contributed by atoms with Gasteiger partial charge in [0.15, 0.2) is 0 Å². The van der Waals surface area contributed by atoms with E-state index < -0.39 is 0 Å². The molecule has 4 heterocycles. The summed E-state index contributed by atoms with van der Waals surface area (Å²) in [4.78, 5) is 11.1. The molecule has 124 valence electrons. The number of esters is 1. The highest BCUT2D eigenvalue weighted by Gasteiger charge is 2.03. The van der Waals surface area contributed by atoms with Crippen LogP contribution in [0.5, 0.6) is 0 Å². The third kappa shape index (κ3) is 4.15. The zero-order valence-corrected chi connectivity index (χ0v) is 17.5. The Morgan fingerprint density at radius 1 is 1.08 bits per heavy atom. The molecule has 0 unspecified atom stereocenters. The number of ether oxygens (including phenoxy) is 1. The Balaban J connectivity index is 0.000000159. The van der Waals surface area contributed by atoms with Crippen molar-refractivity contribution in [1.29, 1.82) is 0 Å². The van der Waals surface area contributed by atoms with Crippen molar-refractivity contribution >= 4 is 92.1 Å². The second-order valence-corrected chi connectivity index (χ2v) is 9.10. The van der Waals surface area contributed by atoms with Gasteiger partial charge in [-0.3, -0.25) is 0 Å². The molecule has 0 saturated heterocycles. The first kappa shape index (κ1) is 17.8. The predicted octanol–water partition coefficient (Wildman–Crippen LogP) is 7.26. The maximum Gasteiger partial charge on any atom is 0.330 e. The van der Waals surface area contributed by atoms with E-state index in [-0.39, 0.29) is 5.97 Å². The van der Waals surface area contributed by atoms with Crippen LogP contribution in [-0.4, -0.2) is 12.6 Å². The lowest BCUT2D eigenvalue weighted by molar-refractivity contribution is -0.137. The van der Waals surface area contributed by atoms with Crippen LogP contribution in [0.3, 0.4) is 0 Å². The molecule has 0 radical (unpaired) electrons. The summed E-state index contributed by atoms with van der Waals surface area (Å²) in [5, 5.41) is 8.35. The van der Waals surface area contributed by atoms with E-state index in [0.29, 0.717) is 6.61 Å². The van der Waals surface area contributed by atoms with Crippen molar-refractivity contribution < 1.29 is 9.53 Å². The minimum atomic E-state index is -0.284. The van der Waals surface area contributed by atoms with Crippen molar-refractivity contribution in [3.05, 3.63) is 49.8 Å². The summed E-state index contributed by atoms with van der Waals surface area (Å²) in [7, 11) is 0. The standard InChI is InChI=1S/C11H10O2S2.C6H3BrS2/c1-2-13-10(12)4-3-8-7-15-9-5-6-14-11(8)9;7-4-3-9-5-1-2-8-6(4)5/h3-7H,2H2,1H3;1-3H/b4-3+;. The van der Waals surface area contributed by atoms with Gasteiger partial charge in [0.25, 0.3) is 0 Å². The van der Waals surface area contributed by atoms with Gasteiger partial charge in [-0.15, -0.1) is 45.3 Å². The maximum absolute atomic E-state index is 11.1. The van der Waals surface area contributed by atoms with Gasteiger partial charge in [-0.2, -0.15) is 0 Å². The molecular weight excluding hydrogens is 444 g/mol. The monoisotopic (exact) mass is 456 g/mol. The third-order valence-electron chi connectivity index (χ3n) is 3.03. The molecule has 0 aliphatic heterocycles. The summed E-state index contributed by atoms with van der Waals surface area (Å²) in [6.07, 6.45) is 3.29. The fourth-order valence-corrected chi connectivity index (χ4v) is 6.80. The number of carbonyl (C=O) groups excluding carboxylic acids is 1. The summed E-state index contributed by atoms with van der Waals surface area (Å²) < 4.78 is 11.3. The van der Waals surface area contributed by atoms with Crippen molar-refractivity contribution in [2.24, 2.45) is 0 Å². The number of carbonyl (C=O) groups is 1. The molecule has 2 nitrogen and oxygen atoms in total. The van der Waals surface area contributed by atoms with E-state index in [1.54, 1.807) is 52.3 Å². The number of rotatable bonds is 3. The van der Waals surface area contributed by atoms with Crippen LogP contribution in [0.2, 0.25) is 0 Å². The predicted molar refractivity (Wildman–Crippen MR) is 113 cm³/mol. The van der Waals surface area contributed by atoms with Gasteiger partial charge in [-0.1, -0.05) is 0 Å². The van der Waals surface area contributed by atoms with Crippen LogP contribution in [-0.2, 0) is 9.53 Å². The molecule has 24 heavy (non-hydrogen) atoms. The van der Waals surface area contributed by atoms with E-state index in [9.17, 15) is 4.79 Å². The van der Waals surface area contributed by atoms with Gasteiger partial charge in [0.2, 0.25) is 0 Å². The maximum atomic E-state index is 11.1. The molecule has 0 bridgehead atoms. The molecule has 0 spiro atoms. The number of hydrogen-bond acceptors (Lipinski definition) is 6. The second kappa shape index (κ2) is 8.40. The first-order valence-electron chi connectivity index (χ1n) is 7.08. The molecule has 0 aliphatic carbocycles. The van der Waals surface area contributed by atoms with Gasteiger partial charge in [0.1, 0.15) is 0 Å². The molecule has 0 amide bonds. The Hall–Kier alpha value is -0.990. The van der Waals surface area contributed by atoms with Crippen LogP contribution < -0.4 is 0 Å². The van der Waals surface area contributed by atoms with Crippen molar-refractivity contribution in [3.63, 3.8) is 0 Å². The van der Waals surface area contributed by atoms with Crippen LogP contribution in [0, 0.1) is 0 Å². The van der Waals surface area contributed by atoms with Gasteiger partial charge in [-0.05, 0) is 51.8 Å². The molecule has 4 aromatic rings. The average molecular weight is 457 g/mol. The molecule has 0 atom stereocenters. The van der Waals surface area contributed by atoms with Gasteiger partial charge in [0.05, 0.1) is 16.0 Å². The van der Waals surface area contributed by atoms with E-state index in [1.807, 2.05) is 6.08 Å². The molecule has 0 saturated carbocycles. The van der Waals surface area contributed by atoms with Crippen LogP contribution in [0.25, 0.3) is 24.9 Å². The smallest absolute Gasteiger partial charge is 0.330 e. The van der Waals surface area contributed by atoms with Gasteiger partial charge >= 0.3 is 5.97 Å². The molecule has 0 aromatic carbocycles. The minimum Gasteiger partial charge on any atom is -0.463 e. The zero-order chi connectivity index (χ0) is 16.9. The molecule has 4 aromatic heterocycles. The number of thiophene rings is 4. The first-order valence-corrected chi connectivity index (χ1v) is 11.4. The number of hydrogen-bond donors (Lipinski definition) is 0. The second-order valence-electron chi connectivity index (χ2n) is 4.59. The number of fused-ring (bicyclic) bond motifs is 2. The Morgan fingerprint density at radius 2 is 1.75 bits per heavy atom. The summed E-state index contributed by atoms with van der Waals surface area (Å²) in [6.45, 7) is 2.22. The van der Waals surface area contributed by atoms with Crippen molar-refractivity contribution in [3.8, 4) is 0 Å². The van der Waals surface area contributed by atoms with Crippen molar-refractivity contribution in [2.45, 2.75) is 6.92 Å². The van der Waals surface area contributed by atoms with E-state index in [2.05, 4.69) is 49.6 Å². The molecule has 0 fully saturated rings. The van der Waals surface area contributed by atoms with E-state index in [0.717, 1.165) is 5.56 Å². The lowest BCUT2D eigenvalue weighted by Gasteiger charge is -1.93. The van der Waals surface area contributed by atoms with Crippen molar-refractivity contribution in [2.75, 3.05) is 6.61 Å². The normalized spacial score (nSPS) is 11.1. The Labute approximate surface area is 164 Å². The zero-order valence-electron chi connectivity index (χ0n) is 12.7. The summed E-state index contributed by atoms with van der Waals surface area (Å²) in [6, 6.07) is 4.24. The highest BCUT2D eigenvalue weighted by atomic mass is 79.9. The largest absolute Gasteiger partial charge is 0.463 e. The minimum absolute atomic E-state index is 0.284. The Morgan fingerprint density at radius 3 is 2.46 bits per heavy atom. The lowest BCUT2D eigenvalue weighted by atomic mass is 10.3. The summed E-state index contributed by atoms with van der Waals surface area (Å²) in [5.41, 5.74) is 1.10. The highest BCUT2D eigenvalue weighted by Crippen LogP contribution is 2.34. The van der Waals surface area contributed by atoms with Crippen LogP contribution in [0.1, 0.15) is 12.5 Å². The quantitative estimate of drug-likeness (QED) is 0.239. The van der Waals surface area contributed by atoms with E-state index >= 15 is 0 Å². The fraction of sp³-hybridized carbons (Fsp3) is 0.118. The molecule has 4 rings (SSSR count). The topological polar surface area (TPSA) is 26.3 Å². The van der Waals surface area contributed by atoms with Gasteiger partial charge < -0.3 is 4.74 Å². The van der Waals surface area contributed by atoms with Crippen LogP contribution in [0.15, 0.2) is 44.2 Å². The van der Waals surface area contributed by atoms with E-state index in [4.69, 9.17) is 4.74 Å². The van der Waals surface area contributed by atoms with Crippen LogP contribution in [0.4, 0.5) is 0 Å². The molecule has 0 N–H and O–H groups in total. The molecule has 0 aliphatic rings.